The average Bonchev–Trinajstić information content (AvgIpc) is 2.69. The Morgan fingerprint density at radius 1 is 1.04 bits per heavy atom. The monoisotopic (exact) mass is 382 g/mol. The Bertz CT molecular complexity index is 817. The van der Waals surface area contributed by atoms with Gasteiger partial charge in [-0.25, -0.2) is 0 Å². The zero-order valence-electron chi connectivity index (χ0n) is 17.2. The van der Waals surface area contributed by atoms with E-state index in [0.717, 1.165) is 18.4 Å². The van der Waals surface area contributed by atoms with Gasteiger partial charge in [-0.05, 0) is 62.1 Å². The van der Waals surface area contributed by atoms with Crippen molar-refractivity contribution in [1.29, 1.82) is 0 Å². The van der Waals surface area contributed by atoms with Crippen LogP contribution in [0, 0.1) is 13.8 Å². The Morgan fingerprint density at radius 2 is 1.79 bits per heavy atom. The Balaban J connectivity index is 2.09. The van der Waals surface area contributed by atoms with Gasteiger partial charge in [-0.3, -0.25) is 9.59 Å². The first-order valence-corrected chi connectivity index (χ1v) is 9.88. The first-order chi connectivity index (χ1) is 13.5. The van der Waals surface area contributed by atoms with E-state index in [1.807, 2.05) is 39.0 Å². The van der Waals surface area contributed by atoms with Crippen LogP contribution >= 0.6 is 0 Å². The van der Waals surface area contributed by atoms with Crippen molar-refractivity contribution in [3.8, 4) is 5.75 Å². The second-order valence-corrected chi connectivity index (χ2v) is 6.91. The van der Waals surface area contributed by atoms with Gasteiger partial charge >= 0.3 is 0 Å². The highest BCUT2D eigenvalue weighted by molar-refractivity contribution is 6.04. The van der Waals surface area contributed by atoms with E-state index in [0.29, 0.717) is 30.0 Å². The number of rotatable bonds is 9. The molecule has 0 heterocycles. The molecular formula is C23H30N2O3. The molecule has 0 unspecified atom stereocenters. The highest BCUT2D eigenvalue weighted by atomic mass is 16.5. The van der Waals surface area contributed by atoms with Crippen LogP contribution in [0.3, 0.4) is 0 Å². The second-order valence-electron chi connectivity index (χ2n) is 6.91. The fourth-order valence-corrected chi connectivity index (χ4v) is 2.75. The molecule has 1 atom stereocenters. The summed E-state index contributed by atoms with van der Waals surface area (Å²) in [6.07, 6.45) is 1.80. The van der Waals surface area contributed by atoms with E-state index in [-0.39, 0.29) is 11.8 Å². The third-order valence-electron chi connectivity index (χ3n) is 4.67. The summed E-state index contributed by atoms with van der Waals surface area (Å²) in [5.74, 6) is 0.206. The Morgan fingerprint density at radius 3 is 2.46 bits per heavy atom. The lowest BCUT2D eigenvalue weighted by Crippen LogP contribution is -2.33. The van der Waals surface area contributed by atoms with Gasteiger partial charge in [-0.15, -0.1) is 0 Å². The molecule has 2 amide bonds. The molecule has 0 aliphatic carbocycles. The van der Waals surface area contributed by atoms with Crippen molar-refractivity contribution < 1.29 is 14.3 Å². The first-order valence-electron chi connectivity index (χ1n) is 9.88. The van der Waals surface area contributed by atoms with Gasteiger partial charge in [0.1, 0.15) is 5.75 Å². The summed E-state index contributed by atoms with van der Waals surface area (Å²) < 4.78 is 5.90. The van der Waals surface area contributed by atoms with Crippen LogP contribution in [0.1, 0.15) is 54.6 Å². The van der Waals surface area contributed by atoms with Gasteiger partial charge in [-0.1, -0.05) is 38.5 Å². The van der Waals surface area contributed by atoms with E-state index < -0.39 is 6.10 Å². The van der Waals surface area contributed by atoms with Crippen LogP contribution in [-0.4, -0.2) is 24.5 Å². The first kappa shape index (κ1) is 21.5. The maximum Gasteiger partial charge on any atom is 0.265 e. The number of carbonyl (C=O) groups excluding carboxylic acids is 2. The third kappa shape index (κ3) is 5.84. The van der Waals surface area contributed by atoms with Crippen LogP contribution in [0.2, 0.25) is 0 Å². The van der Waals surface area contributed by atoms with Crippen molar-refractivity contribution in [3.63, 3.8) is 0 Å². The van der Waals surface area contributed by atoms with Crippen molar-refractivity contribution in [2.75, 3.05) is 11.9 Å². The number of ether oxygens (including phenoxy) is 1. The Labute approximate surface area is 167 Å². The standard InChI is InChI=1S/C23H30N2O3/c1-5-7-14-24-22(26)19-10-8-9-11-20(19)25-23(27)21(6-2)28-18-13-12-16(3)17(4)15-18/h8-13,15,21H,5-7,14H2,1-4H3,(H,24,26)(H,25,27)/t21-/m0/s1. The number of amides is 2. The fraction of sp³-hybridized carbons (Fsp3) is 0.391. The summed E-state index contributed by atoms with van der Waals surface area (Å²) in [5.41, 5.74) is 3.23. The summed E-state index contributed by atoms with van der Waals surface area (Å²) in [5, 5.41) is 5.74. The molecule has 0 aromatic heterocycles. The molecule has 28 heavy (non-hydrogen) atoms. The van der Waals surface area contributed by atoms with E-state index in [1.165, 1.54) is 5.56 Å². The molecule has 2 aromatic rings. The summed E-state index contributed by atoms with van der Waals surface area (Å²) in [7, 11) is 0. The Hall–Kier alpha value is -2.82. The maximum atomic E-state index is 12.8. The van der Waals surface area contributed by atoms with E-state index in [4.69, 9.17) is 4.74 Å². The van der Waals surface area contributed by atoms with E-state index >= 15 is 0 Å². The molecule has 0 aliphatic rings. The molecule has 5 nitrogen and oxygen atoms in total. The Kier molecular flexibility index (Phi) is 8.05. The zero-order chi connectivity index (χ0) is 20.5. The number of anilines is 1. The molecule has 0 saturated heterocycles. The molecule has 0 radical (unpaired) electrons. The highest BCUT2D eigenvalue weighted by Gasteiger charge is 2.21. The molecule has 0 spiro atoms. The van der Waals surface area contributed by atoms with Crippen LogP contribution in [0.25, 0.3) is 0 Å². The number of aryl methyl sites for hydroxylation is 2. The van der Waals surface area contributed by atoms with Crippen LogP contribution in [0.4, 0.5) is 5.69 Å². The molecule has 0 fully saturated rings. The van der Waals surface area contributed by atoms with Gasteiger partial charge in [-0.2, -0.15) is 0 Å². The van der Waals surface area contributed by atoms with E-state index in [9.17, 15) is 9.59 Å². The SMILES string of the molecule is CCCCNC(=O)c1ccccc1NC(=O)[C@H](CC)Oc1ccc(C)c(C)c1. The molecule has 2 aromatic carbocycles. The number of hydrogen-bond donors (Lipinski definition) is 2. The van der Waals surface area contributed by atoms with Gasteiger partial charge in [0.2, 0.25) is 0 Å². The largest absolute Gasteiger partial charge is 0.481 e. The number of nitrogens with one attached hydrogen (secondary N) is 2. The normalized spacial score (nSPS) is 11.6. The summed E-state index contributed by atoms with van der Waals surface area (Å²) in [4.78, 5) is 25.2. The minimum atomic E-state index is -0.640. The van der Waals surface area contributed by atoms with Gasteiger partial charge in [0.25, 0.3) is 11.8 Å². The fourth-order valence-electron chi connectivity index (χ4n) is 2.75. The zero-order valence-corrected chi connectivity index (χ0v) is 17.2. The summed E-state index contributed by atoms with van der Waals surface area (Å²) >= 11 is 0. The highest BCUT2D eigenvalue weighted by Crippen LogP contribution is 2.20. The van der Waals surface area contributed by atoms with Crippen molar-refractivity contribution in [2.24, 2.45) is 0 Å². The van der Waals surface area contributed by atoms with Crippen LogP contribution in [0.5, 0.6) is 5.75 Å². The molecule has 0 aliphatic heterocycles. The maximum absolute atomic E-state index is 12.8. The summed E-state index contributed by atoms with van der Waals surface area (Å²) in [6, 6.07) is 12.8. The molecule has 0 bridgehead atoms. The van der Waals surface area contributed by atoms with E-state index in [2.05, 4.69) is 17.6 Å². The third-order valence-corrected chi connectivity index (χ3v) is 4.67. The molecule has 150 valence electrons. The van der Waals surface area contributed by atoms with Gasteiger partial charge in [0.05, 0.1) is 11.3 Å². The molecule has 2 rings (SSSR count). The average molecular weight is 383 g/mol. The smallest absolute Gasteiger partial charge is 0.265 e. The molecule has 0 saturated carbocycles. The minimum absolute atomic E-state index is 0.188. The number of hydrogen-bond acceptors (Lipinski definition) is 3. The lowest BCUT2D eigenvalue weighted by atomic mass is 10.1. The molecule has 5 heteroatoms. The lowest BCUT2D eigenvalue weighted by Gasteiger charge is -2.19. The quantitative estimate of drug-likeness (QED) is 0.621. The van der Waals surface area contributed by atoms with E-state index in [1.54, 1.807) is 24.3 Å². The van der Waals surface area contributed by atoms with Gasteiger partial charge in [0, 0.05) is 6.54 Å². The molecule has 2 N–H and O–H groups in total. The predicted octanol–water partition coefficient (Wildman–Crippen LogP) is 4.63. The minimum Gasteiger partial charge on any atom is -0.481 e. The van der Waals surface area contributed by atoms with Gasteiger partial charge < -0.3 is 15.4 Å². The number of para-hydroxylation sites is 1. The number of carbonyl (C=O) groups is 2. The molecular weight excluding hydrogens is 352 g/mol. The number of unbranched alkanes of at least 4 members (excludes halogenated alkanes) is 1. The van der Waals surface area contributed by atoms with Gasteiger partial charge in [0.15, 0.2) is 6.10 Å². The van der Waals surface area contributed by atoms with Crippen molar-refractivity contribution >= 4 is 17.5 Å². The van der Waals surface area contributed by atoms with Crippen LogP contribution in [-0.2, 0) is 4.79 Å². The van der Waals surface area contributed by atoms with Crippen LogP contribution in [0.15, 0.2) is 42.5 Å². The second kappa shape index (κ2) is 10.5. The van der Waals surface area contributed by atoms with Crippen molar-refractivity contribution in [1.82, 2.24) is 5.32 Å². The van der Waals surface area contributed by atoms with Crippen LogP contribution < -0.4 is 15.4 Å². The van der Waals surface area contributed by atoms with Crippen molar-refractivity contribution in [3.05, 3.63) is 59.2 Å². The van der Waals surface area contributed by atoms with Crippen molar-refractivity contribution in [2.45, 2.75) is 53.1 Å². The lowest BCUT2D eigenvalue weighted by molar-refractivity contribution is -0.122. The number of benzene rings is 2. The topological polar surface area (TPSA) is 67.4 Å². The summed E-state index contributed by atoms with van der Waals surface area (Å²) in [6.45, 7) is 8.63. The predicted molar refractivity (Wildman–Crippen MR) is 113 cm³/mol.